The van der Waals surface area contributed by atoms with Crippen molar-refractivity contribution in [2.75, 3.05) is 11.1 Å². The molecular weight excluding hydrogens is 532 g/mol. The molecule has 1 amide bonds. The van der Waals surface area contributed by atoms with Crippen molar-refractivity contribution in [3.8, 4) is 0 Å². The molecule has 4 rings (SSSR count). The zero-order valence-corrected chi connectivity index (χ0v) is 20.0. The van der Waals surface area contributed by atoms with Crippen LogP contribution in [0.25, 0.3) is 0 Å². The van der Waals surface area contributed by atoms with Gasteiger partial charge in [0.15, 0.2) is 17.3 Å². The van der Waals surface area contributed by atoms with Gasteiger partial charge in [0.25, 0.3) is 11.8 Å². The Labute approximate surface area is 217 Å². The predicted octanol–water partition coefficient (Wildman–Crippen LogP) is 7.15. The summed E-state index contributed by atoms with van der Waals surface area (Å²) in [4.78, 5) is 26.1. The number of benzene rings is 3. The summed E-state index contributed by atoms with van der Waals surface area (Å²) in [6, 6.07) is 15.9. The lowest BCUT2D eigenvalue weighted by atomic mass is 10.2. The number of nitrogens with zero attached hydrogens (tertiary/aromatic N) is 4. The molecule has 0 aliphatic carbocycles. The van der Waals surface area contributed by atoms with E-state index in [1.54, 1.807) is 0 Å². The Morgan fingerprint density at radius 3 is 2.08 bits per heavy atom. The molecule has 0 atom stereocenters. The van der Waals surface area contributed by atoms with Crippen LogP contribution in [0, 0.1) is 0 Å². The fourth-order valence-corrected chi connectivity index (χ4v) is 3.38. The Kier molecular flexibility index (Phi) is 7.28. The number of halogens is 5. The monoisotopic (exact) mass is 546 g/mol. The summed E-state index contributed by atoms with van der Waals surface area (Å²) in [7, 11) is 0. The maximum absolute atomic E-state index is 13.2. The quantitative estimate of drug-likeness (QED) is 0.258. The first-order valence-electron chi connectivity index (χ1n) is 10.4. The number of hydrogen-bond acceptors (Lipinski definition) is 6. The molecule has 0 unspecified atom stereocenters. The number of rotatable bonds is 5. The average Bonchev–Trinajstić information content (AvgIpc) is 3.17. The number of carbonyl (C=O) groups is 2. The minimum atomic E-state index is -4.59. The number of aromatic nitrogens is 2. The summed E-state index contributed by atoms with van der Waals surface area (Å²) in [5, 5.41) is 15.0. The molecule has 1 aromatic heterocycles. The molecule has 13 heteroatoms. The maximum Gasteiger partial charge on any atom is 0.416 e. The van der Waals surface area contributed by atoms with Gasteiger partial charge in [-0.25, -0.2) is 0 Å². The highest BCUT2D eigenvalue weighted by atomic mass is 35.5. The highest BCUT2D eigenvalue weighted by Gasteiger charge is 2.30. The van der Waals surface area contributed by atoms with Crippen molar-refractivity contribution >= 4 is 58.0 Å². The largest absolute Gasteiger partial charge is 0.416 e. The fourth-order valence-electron chi connectivity index (χ4n) is 3.13. The lowest BCUT2D eigenvalue weighted by Gasteiger charge is -2.09. The Bertz CT molecular complexity index is 1500. The van der Waals surface area contributed by atoms with E-state index in [0.29, 0.717) is 10.0 Å². The van der Waals surface area contributed by atoms with Crippen LogP contribution in [0.4, 0.5) is 36.2 Å². The van der Waals surface area contributed by atoms with Gasteiger partial charge in [-0.15, -0.1) is 10.2 Å². The van der Waals surface area contributed by atoms with Crippen molar-refractivity contribution in [1.29, 1.82) is 0 Å². The van der Waals surface area contributed by atoms with E-state index in [0.717, 1.165) is 22.9 Å². The van der Waals surface area contributed by atoms with E-state index in [1.807, 2.05) is 0 Å². The van der Waals surface area contributed by atoms with Gasteiger partial charge in [0.1, 0.15) is 0 Å². The van der Waals surface area contributed by atoms with Crippen LogP contribution in [0.1, 0.15) is 26.3 Å². The molecule has 0 aliphatic rings. The predicted molar refractivity (Wildman–Crippen MR) is 133 cm³/mol. The van der Waals surface area contributed by atoms with Gasteiger partial charge >= 0.3 is 6.18 Å². The Balaban J connectivity index is 1.76. The molecule has 0 fully saturated rings. The first kappa shape index (κ1) is 25.9. The van der Waals surface area contributed by atoms with Crippen molar-refractivity contribution in [2.45, 2.75) is 6.18 Å². The normalized spacial score (nSPS) is 11.6. The third kappa shape index (κ3) is 5.96. The minimum Gasteiger partial charge on any atom is -0.380 e. The molecule has 37 heavy (non-hydrogen) atoms. The summed E-state index contributed by atoms with van der Waals surface area (Å²) >= 11 is 11.8. The van der Waals surface area contributed by atoms with Crippen molar-refractivity contribution in [2.24, 2.45) is 10.2 Å². The van der Waals surface area contributed by atoms with Crippen molar-refractivity contribution in [3.05, 3.63) is 99.5 Å². The third-order valence-corrected chi connectivity index (χ3v) is 5.45. The summed E-state index contributed by atoms with van der Waals surface area (Å²) in [6.45, 7) is 0. The van der Waals surface area contributed by atoms with E-state index in [1.165, 1.54) is 54.6 Å². The molecule has 0 saturated carbocycles. The van der Waals surface area contributed by atoms with Crippen LogP contribution in [0.5, 0.6) is 0 Å². The molecule has 188 valence electrons. The van der Waals surface area contributed by atoms with E-state index in [2.05, 4.69) is 20.6 Å². The highest BCUT2D eigenvalue weighted by molar-refractivity contribution is 6.31. The summed E-state index contributed by atoms with van der Waals surface area (Å²) in [5.41, 5.74) is 5.02. The number of amides is 1. The van der Waals surface area contributed by atoms with Crippen molar-refractivity contribution in [1.82, 2.24) is 9.78 Å². The minimum absolute atomic E-state index is 0.138. The number of alkyl halides is 3. The summed E-state index contributed by atoms with van der Waals surface area (Å²) < 4.78 is 40.0. The number of azo groups is 1. The molecule has 3 aromatic carbocycles. The standard InChI is InChI=1S/C24H15Cl2F3N6O2/c25-16-8-4-13(5-9-16)22(36)31-21-19(33-32-18-3-1-2-15(12-18)24(27,28)29)20(30)34-35(21)23(37)14-6-10-17(26)11-7-14/h1-12H,(H2,30,34)(H,31,36). The zero-order valence-electron chi connectivity index (χ0n) is 18.5. The smallest absolute Gasteiger partial charge is 0.380 e. The molecule has 0 aliphatic heterocycles. The van der Waals surface area contributed by atoms with E-state index in [9.17, 15) is 22.8 Å². The first-order valence-corrected chi connectivity index (χ1v) is 11.1. The van der Waals surface area contributed by atoms with Crippen LogP contribution in [-0.4, -0.2) is 21.6 Å². The second-order valence-corrected chi connectivity index (χ2v) is 8.39. The number of nitrogens with one attached hydrogen (secondary N) is 1. The zero-order chi connectivity index (χ0) is 26.7. The highest BCUT2D eigenvalue weighted by Crippen LogP contribution is 2.36. The molecule has 1 heterocycles. The summed E-state index contributed by atoms with van der Waals surface area (Å²) in [5.74, 6) is -1.88. The Morgan fingerprint density at radius 1 is 0.892 bits per heavy atom. The van der Waals surface area contributed by atoms with Gasteiger partial charge in [0.05, 0.1) is 11.3 Å². The molecule has 8 nitrogen and oxygen atoms in total. The maximum atomic E-state index is 13.2. The topological polar surface area (TPSA) is 115 Å². The van der Waals surface area contributed by atoms with Gasteiger partial charge in [-0.1, -0.05) is 29.3 Å². The van der Waals surface area contributed by atoms with Crippen LogP contribution in [-0.2, 0) is 6.18 Å². The van der Waals surface area contributed by atoms with Gasteiger partial charge in [-0.05, 0) is 66.7 Å². The van der Waals surface area contributed by atoms with Crippen molar-refractivity contribution < 1.29 is 22.8 Å². The van der Waals surface area contributed by atoms with Crippen LogP contribution in [0.2, 0.25) is 10.0 Å². The number of nitrogen functional groups attached to an aromatic ring is 1. The van der Waals surface area contributed by atoms with Gasteiger partial charge in [0.2, 0.25) is 0 Å². The van der Waals surface area contributed by atoms with Crippen LogP contribution in [0.15, 0.2) is 83.0 Å². The Hall–Kier alpha value is -4.22. The van der Waals surface area contributed by atoms with E-state index in [4.69, 9.17) is 28.9 Å². The lowest BCUT2D eigenvalue weighted by Crippen LogP contribution is -2.20. The lowest BCUT2D eigenvalue weighted by molar-refractivity contribution is -0.137. The van der Waals surface area contributed by atoms with Crippen LogP contribution < -0.4 is 11.1 Å². The molecule has 4 aromatic rings. The summed E-state index contributed by atoms with van der Waals surface area (Å²) in [6.07, 6.45) is -4.59. The molecule has 0 radical (unpaired) electrons. The number of nitrogens with two attached hydrogens (primary N) is 1. The van der Waals surface area contributed by atoms with Gasteiger partial charge in [-0.2, -0.15) is 23.0 Å². The second-order valence-electron chi connectivity index (χ2n) is 7.52. The van der Waals surface area contributed by atoms with Crippen molar-refractivity contribution in [3.63, 3.8) is 0 Å². The van der Waals surface area contributed by atoms with E-state index < -0.39 is 23.6 Å². The SMILES string of the molecule is Nc1nn(C(=O)c2ccc(Cl)cc2)c(NC(=O)c2ccc(Cl)cc2)c1N=Nc1cccc(C(F)(F)F)c1. The number of hydrogen-bond donors (Lipinski definition) is 2. The second kappa shape index (κ2) is 10.4. The van der Waals surface area contributed by atoms with E-state index in [-0.39, 0.29) is 34.1 Å². The third-order valence-electron chi connectivity index (χ3n) is 4.95. The molecule has 0 bridgehead atoms. The van der Waals surface area contributed by atoms with E-state index >= 15 is 0 Å². The van der Waals surface area contributed by atoms with Gasteiger partial charge < -0.3 is 11.1 Å². The van der Waals surface area contributed by atoms with Gasteiger partial charge in [0, 0.05) is 21.2 Å². The number of anilines is 2. The fraction of sp³-hybridized carbons (Fsp3) is 0.0417. The van der Waals surface area contributed by atoms with Gasteiger partial charge in [-0.3, -0.25) is 9.59 Å². The molecule has 0 saturated heterocycles. The first-order chi connectivity index (χ1) is 17.5. The average molecular weight is 547 g/mol. The van der Waals surface area contributed by atoms with Crippen LogP contribution in [0.3, 0.4) is 0 Å². The molecule has 3 N–H and O–H groups in total. The number of carbonyl (C=O) groups excluding carboxylic acids is 2. The Morgan fingerprint density at radius 2 is 1.49 bits per heavy atom. The molecular formula is C24H15Cl2F3N6O2. The van der Waals surface area contributed by atoms with Crippen LogP contribution >= 0.6 is 23.2 Å². The molecule has 0 spiro atoms.